The molecule has 190 valence electrons. The highest BCUT2D eigenvalue weighted by Gasteiger charge is 2.46. The zero-order chi connectivity index (χ0) is 25.6. The molecule has 2 N–H and O–H groups in total. The minimum absolute atomic E-state index is 0.00142. The van der Waals surface area contributed by atoms with Crippen LogP contribution in [0.25, 0.3) is 43.6 Å². The van der Waals surface area contributed by atoms with Gasteiger partial charge in [-0.05, 0) is 45.0 Å². The van der Waals surface area contributed by atoms with Crippen LogP contribution in [0.15, 0.2) is 48.5 Å². The summed E-state index contributed by atoms with van der Waals surface area (Å²) in [7, 11) is 5.54. The van der Waals surface area contributed by atoms with Crippen LogP contribution in [-0.2, 0) is 21.7 Å². The summed E-state index contributed by atoms with van der Waals surface area (Å²) in [5.74, 6) is 0.00142. The van der Waals surface area contributed by atoms with Crippen molar-refractivity contribution < 1.29 is 14.3 Å². The number of rotatable bonds is 3. The quantitative estimate of drug-likeness (QED) is 0.368. The Morgan fingerprint density at radius 3 is 2.35 bits per heavy atom. The Balaban J connectivity index is 1.85. The van der Waals surface area contributed by atoms with E-state index in [4.69, 9.17) is 9.47 Å². The van der Waals surface area contributed by atoms with Crippen molar-refractivity contribution in [1.82, 2.24) is 19.8 Å². The largest absolute Gasteiger partial charge is 0.375 e. The van der Waals surface area contributed by atoms with Crippen LogP contribution in [0.2, 0.25) is 0 Å². The number of hydrogen-bond donors (Lipinski definition) is 2. The van der Waals surface area contributed by atoms with Crippen LogP contribution in [-0.4, -0.2) is 48.5 Å². The molecule has 1 amide bonds. The van der Waals surface area contributed by atoms with E-state index in [1.807, 2.05) is 7.05 Å². The number of carbonyl (C=O) groups excluding carboxylic acids is 1. The summed E-state index contributed by atoms with van der Waals surface area (Å²) < 4.78 is 17.5. The van der Waals surface area contributed by atoms with E-state index < -0.39 is 5.72 Å². The molecule has 7 nitrogen and oxygen atoms in total. The maximum absolute atomic E-state index is 13.4. The maximum atomic E-state index is 13.4. The van der Waals surface area contributed by atoms with Crippen molar-refractivity contribution in [3.05, 3.63) is 59.7 Å². The number of methoxy groups -OCH3 is 2. The van der Waals surface area contributed by atoms with Gasteiger partial charge in [-0.3, -0.25) is 4.79 Å². The molecule has 3 aromatic carbocycles. The van der Waals surface area contributed by atoms with Gasteiger partial charge in [-0.2, -0.15) is 0 Å². The van der Waals surface area contributed by atoms with E-state index in [0.717, 1.165) is 61.2 Å². The van der Waals surface area contributed by atoms with Gasteiger partial charge in [0.05, 0.1) is 22.1 Å². The van der Waals surface area contributed by atoms with Crippen LogP contribution in [0, 0.1) is 0 Å². The number of benzene rings is 3. The van der Waals surface area contributed by atoms with Crippen molar-refractivity contribution in [2.75, 3.05) is 21.3 Å². The first-order valence-corrected chi connectivity index (χ1v) is 13.0. The Labute approximate surface area is 215 Å². The molecule has 37 heavy (non-hydrogen) atoms. The van der Waals surface area contributed by atoms with E-state index in [9.17, 15) is 4.79 Å². The topological polar surface area (TPSA) is 69.5 Å². The fourth-order valence-corrected chi connectivity index (χ4v) is 7.35. The average molecular weight is 497 g/mol. The molecule has 7 rings (SSSR count). The number of fused-ring (bicyclic) bond motifs is 9. The monoisotopic (exact) mass is 496 g/mol. The summed E-state index contributed by atoms with van der Waals surface area (Å²) in [4.78, 5) is 13.4. The smallest absolute Gasteiger partial charge is 0.252 e. The predicted octanol–water partition coefficient (Wildman–Crippen LogP) is 5.03. The van der Waals surface area contributed by atoms with Gasteiger partial charge >= 0.3 is 0 Å². The van der Waals surface area contributed by atoms with Gasteiger partial charge < -0.3 is 29.2 Å². The Morgan fingerprint density at radius 2 is 1.68 bits per heavy atom. The first kappa shape index (κ1) is 22.8. The predicted molar refractivity (Wildman–Crippen MR) is 147 cm³/mol. The normalized spacial score (nSPS) is 25.6. The Hall–Kier alpha value is -3.39. The lowest BCUT2D eigenvalue weighted by Gasteiger charge is -2.42. The van der Waals surface area contributed by atoms with Gasteiger partial charge in [0.25, 0.3) is 5.91 Å². The van der Waals surface area contributed by atoms with E-state index in [-0.39, 0.29) is 24.1 Å². The first-order chi connectivity index (χ1) is 18.0. The van der Waals surface area contributed by atoms with Crippen LogP contribution in [0.3, 0.4) is 0 Å². The summed E-state index contributed by atoms with van der Waals surface area (Å²) in [6.45, 7) is 4.91. The zero-order valence-electron chi connectivity index (χ0n) is 21.9. The number of likely N-dealkylation sites (N-methyl/N-ethyl adjacent to an activating group) is 1. The second-order valence-electron chi connectivity index (χ2n) is 10.6. The van der Waals surface area contributed by atoms with Gasteiger partial charge in [0.1, 0.15) is 6.10 Å². The molecule has 0 radical (unpaired) electrons. The molecule has 0 bridgehead atoms. The number of ether oxygens (including phenoxy) is 2. The molecular weight excluding hydrogens is 464 g/mol. The van der Waals surface area contributed by atoms with Gasteiger partial charge in [-0.1, -0.05) is 36.4 Å². The van der Waals surface area contributed by atoms with E-state index in [0.29, 0.717) is 6.54 Å². The Morgan fingerprint density at radius 1 is 1.00 bits per heavy atom. The Bertz CT molecular complexity index is 1750. The second-order valence-corrected chi connectivity index (χ2v) is 10.6. The molecule has 0 saturated carbocycles. The molecule has 0 unspecified atom stereocenters. The third-order valence-electron chi connectivity index (χ3n) is 8.93. The lowest BCUT2D eigenvalue weighted by molar-refractivity contribution is -0.165. The standard InChI is InChI=1S/C30H32N4O3/c1-16-14-20(31-3)28(36-4)30(2,37-5)34-22-13-9-7-11-18(22)23-19-15-32-29(35)25(19)24-17-10-6-8-12-21(17)33(16)26(24)27(23)34/h6-13,16,20,28,31H,14-15H2,1-5H3,(H,32,35)/t16-,20-,28-,30-/m0/s1. The van der Waals surface area contributed by atoms with Crippen LogP contribution in [0.5, 0.6) is 0 Å². The van der Waals surface area contributed by atoms with Crippen LogP contribution >= 0.6 is 0 Å². The SMILES string of the molecule is CN[C@H]1C[C@H](C)n2c3ccccc3c3c4c(c5c6ccccc6n(c5c32)[C@@](C)(OC)[C@H]1OC)CNC4=O. The van der Waals surface area contributed by atoms with Gasteiger partial charge in [0.15, 0.2) is 5.72 Å². The summed E-state index contributed by atoms with van der Waals surface area (Å²) in [6.07, 6.45) is 0.554. The van der Waals surface area contributed by atoms with E-state index in [1.54, 1.807) is 14.2 Å². The fourth-order valence-electron chi connectivity index (χ4n) is 7.35. The summed E-state index contributed by atoms with van der Waals surface area (Å²) in [6, 6.07) is 17.1. The van der Waals surface area contributed by atoms with Crippen LogP contribution in [0.4, 0.5) is 0 Å². The number of nitrogens with one attached hydrogen (secondary N) is 2. The molecule has 5 aromatic rings. The maximum Gasteiger partial charge on any atom is 0.252 e. The highest BCUT2D eigenvalue weighted by molar-refractivity contribution is 6.30. The zero-order valence-corrected chi connectivity index (χ0v) is 21.9. The first-order valence-electron chi connectivity index (χ1n) is 13.0. The van der Waals surface area contributed by atoms with Gasteiger partial charge in [-0.15, -0.1) is 0 Å². The van der Waals surface area contributed by atoms with Crippen molar-refractivity contribution in [2.24, 2.45) is 0 Å². The highest BCUT2D eigenvalue weighted by Crippen LogP contribution is 2.49. The summed E-state index contributed by atoms with van der Waals surface area (Å²) >= 11 is 0. The number of carbonyl (C=O) groups is 1. The van der Waals surface area contributed by atoms with Gasteiger partial charge in [0, 0.05) is 59.9 Å². The molecule has 0 spiro atoms. The molecule has 4 atom stereocenters. The highest BCUT2D eigenvalue weighted by atomic mass is 16.6. The third kappa shape index (κ3) is 2.69. The number of nitrogens with zero attached hydrogens (tertiary/aromatic N) is 2. The van der Waals surface area contributed by atoms with Crippen molar-refractivity contribution >= 4 is 49.5 Å². The number of para-hydroxylation sites is 2. The molecule has 2 aliphatic heterocycles. The molecule has 2 aromatic heterocycles. The molecular formula is C30H32N4O3. The molecule has 2 aliphatic rings. The molecule has 4 heterocycles. The van der Waals surface area contributed by atoms with Crippen LogP contribution in [0.1, 0.15) is 42.2 Å². The summed E-state index contributed by atoms with van der Waals surface area (Å²) in [5, 5.41) is 11.1. The van der Waals surface area contributed by atoms with Crippen molar-refractivity contribution in [3.8, 4) is 0 Å². The number of amides is 1. The number of hydrogen-bond acceptors (Lipinski definition) is 4. The molecule has 7 heteroatoms. The minimum atomic E-state index is -0.827. The number of aromatic nitrogens is 2. The second kappa shape index (κ2) is 7.81. The van der Waals surface area contributed by atoms with Crippen molar-refractivity contribution in [2.45, 2.75) is 50.7 Å². The minimum Gasteiger partial charge on any atom is -0.375 e. The van der Waals surface area contributed by atoms with E-state index in [2.05, 4.69) is 82.1 Å². The Kier molecular flexibility index (Phi) is 4.81. The van der Waals surface area contributed by atoms with E-state index >= 15 is 0 Å². The van der Waals surface area contributed by atoms with Crippen LogP contribution < -0.4 is 10.6 Å². The summed E-state index contributed by atoms with van der Waals surface area (Å²) in [5.41, 5.74) is 5.43. The van der Waals surface area contributed by atoms with Gasteiger partial charge in [-0.25, -0.2) is 0 Å². The molecule has 0 fully saturated rings. The molecule has 0 saturated heterocycles. The lowest BCUT2D eigenvalue weighted by Crippen LogP contribution is -2.55. The molecule has 0 aliphatic carbocycles. The van der Waals surface area contributed by atoms with Crippen molar-refractivity contribution in [1.29, 1.82) is 0 Å². The van der Waals surface area contributed by atoms with E-state index in [1.165, 1.54) is 0 Å². The lowest BCUT2D eigenvalue weighted by atomic mass is 9.94. The fraction of sp³-hybridized carbons (Fsp3) is 0.367. The van der Waals surface area contributed by atoms with Crippen molar-refractivity contribution in [3.63, 3.8) is 0 Å². The van der Waals surface area contributed by atoms with Gasteiger partial charge in [0.2, 0.25) is 0 Å². The third-order valence-corrected chi connectivity index (χ3v) is 8.93. The average Bonchev–Trinajstić information content (AvgIpc) is 3.57.